The van der Waals surface area contributed by atoms with Crippen molar-refractivity contribution in [1.29, 1.82) is 0 Å². The Labute approximate surface area is 147 Å². The summed E-state index contributed by atoms with van der Waals surface area (Å²) in [5.74, 6) is -0.185. The minimum atomic E-state index is -0.185. The van der Waals surface area contributed by atoms with E-state index in [1.807, 2.05) is 13.0 Å². The van der Waals surface area contributed by atoms with Crippen LogP contribution in [0.3, 0.4) is 0 Å². The number of nitrogens with one attached hydrogen (secondary N) is 1. The minimum absolute atomic E-state index is 0.185. The molecular weight excluding hydrogens is 324 g/mol. The summed E-state index contributed by atoms with van der Waals surface area (Å²) >= 11 is 5.84. The standard InChI is InChI=1S/C18H21ClN4O/c1-13-11-15(23-9-7-22(2)8-10-23)3-4-16(13)21-18(24)14-5-6-20-17(19)12-14/h3-6,11-12H,7-10H2,1-2H3,(H,21,24). The zero-order valence-corrected chi connectivity index (χ0v) is 14.7. The van der Waals surface area contributed by atoms with E-state index in [4.69, 9.17) is 11.6 Å². The fraction of sp³-hybridized carbons (Fsp3) is 0.333. The van der Waals surface area contributed by atoms with Crippen molar-refractivity contribution in [3.63, 3.8) is 0 Å². The van der Waals surface area contributed by atoms with Gasteiger partial charge in [-0.2, -0.15) is 0 Å². The third kappa shape index (κ3) is 3.86. The van der Waals surface area contributed by atoms with Gasteiger partial charge in [0.05, 0.1) is 0 Å². The van der Waals surface area contributed by atoms with Crippen molar-refractivity contribution in [2.45, 2.75) is 6.92 Å². The molecule has 2 heterocycles. The maximum absolute atomic E-state index is 12.3. The lowest BCUT2D eigenvalue weighted by Gasteiger charge is -2.34. The molecule has 0 spiro atoms. The van der Waals surface area contributed by atoms with E-state index in [1.165, 1.54) is 11.9 Å². The summed E-state index contributed by atoms with van der Waals surface area (Å²) in [4.78, 5) is 20.9. The van der Waals surface area contributed by atoms with E-state index < -0.39 is 0 Å². The van der Waals surface area contributed by atoms with Gasteiger partial charge in [-0.3, -0.25) is 4.79 Å². The molecule has 1 aromatic carbocycles. The van der Waals surface area contributed by atoms with Crippen LogP contribution >= 0.6 is 11.6 Å². The molecule has 0 atom stereocenters. The smallest absolute Gasteiger partial charge is 0.255 e. The van der Waals surface area contributed by atoms with Crippen molar-refractivity contribution < 1.29 is 4.79 Å². The van der Waals surface area contributed by atoms with E-state index in [2.05, 4.69) is 39.3 Å². The summed E-state index contributed by atoms with van der Waals surface area (Å²) < 4.78 is 0. The van der Waals surface area contributed by atoms with Crippen molar-refractivity contribution >= 4 is 28.9 Å². The number of hydrogen-bond donors (Lipinski definition) is 1. The van der Waals surface area contributed by atoms with Crippen LogP contribution in [0.25, 0.3) is 0 Å². The predicted octanol–water partition coefficient (Wildman–Crippen LogP) is 3.05. The summed E-state index contributed by atoms with van der Waals surface area (Å²) in [5.41, 5.74) is 3.55. The highest BCUT2D eigenvalue weighted by atomic mass is 35.5. The third-order valence-corrected chi connectivity index (χ3v) is 4.52. The zero-order chi connectivity index (χ0) is 17.1. The van der Waals surface area contributed by atoms with Crippen molar-refractivity contribution in [3.8, 4) is 0 Å². The molecule has 24 heavy (non-hydrogen) atoms. The van der Waals surface area contributed by atoms with Crippen molar-refractivity contribution in [1.82, 2.24) is 9.88 Å². The van der Waals surface area contributed by atoms with Crippen LogP contribution in [0.1, 0.15) is 15.9 Å². The topological polar surface area (TPSA) is 48.5 Å². The van der Waals surface area contributed by atoms with Crippen LogP contribution in [0.5, 0.6) is 0 Å². The Morgan fingerprint density at radius 2 is 1.92 bits per heavy atom. The van der Waals surface area contributed by atoms with Gasteiger partial charge in [0.2, 0.25) is 0 Å². The molecule has 126 valence electrons. The third-order valence-electron chi connectivity index (χ3n) is 4.32. The number of hydrogen-bond acceptors (Lipinski definition) is 4. The predicted molar refractivity (Wildman–Crippen MR) is 98.1 cm³/mol. The highest BCUT2D eigenvalue weighted by Crippen LogP contribution is 2.24. The second-order valence-corrected chi connectivity index (χ2v) is 6.50. The number of aryl methyl sites for hydroxylation is 1. The number of halogens is 1. The first-order valence-corrected chi connectivity index (χ1v) is 8.38. The lowest BCUT2D eigenvalue weighted by atomic mass is 10.1. The normalized spacial score (nSPS) is 15.4. The molecule has 1 N–H and O–H groups in total. The van der Waals surface area contributed by atoms with Crippen LogP contribution in [0.15, 0.2) is 36.5 Å². The first-order chi connectivity index (χ1) is 11.5. The number of likely N-dealkylation sites (N-methyl/N-ethyl adjacent to an activating group) is 1. The second kappa shape index (κ2) is 7.20. The molecular formula is C18H21ClN4O. The van der Waals surface area contributed by atoms with Crippen LogP contribution in [-0.2, 0) is 0 Å². The fourth-order valence-corrected chi connectivity index (χ4v) is 2.96. The summed E-state index contributed by atoms with van der Waals surface area (Å²) in [6.45, 7) is 6.20. The van der Waals surface area contributed by atoms with E-state index in [1.54, 1.807) is 12.1 Å². The summed E-state index contributed by atoms with van der Waals surface area (Å²) in [7, 11) is 2.15. The molecule has 3 rings (SSSR count). The molecule has 5 nitrogen and oxygen atoms in total. The highest BCUT2D eigenvalue weighted by molar-refractivity contribution is 6.29. The van der Waals surface area contributed by atoms with Gasteiger partial charge in [0.25, 0.3) is 5.91 Å². The van der Waals surface area contributed by atoms with Gasteiger partial charge in [0.15, 0.2) is 0 Å². The van der Waals surface area contributed by atoms with Crippen LogP contribution in [-0.4, -0.2) is 49.0 Å². The summed E-state index contributed by atoms with van der Waals surface area (Å²) in [6.07, 6.45) is 1.53. The van der Waals surface area contributed by atoms with Crippen molar-refractivity contribution in [3.05, 3.63) is 52.8 Å². The highest BCUT2D eigenvalue weighted by Gasteiger charge is 2.15. The van der Waals surface area contributed by atoms with Crippen LogP contribution in [0.2, 0.25) is 5.15 Å². The van der Waals surface area contributed by atoms with Gasteiger partial charge in [0.1, 0.15) is 5.15 Å². The number of carbonyl (C=O) groups is 1. The molecule has 1 amide bonds. The Bertz CT molecular complexity index is 742. The van der Waals surface area contributed by atoms with E-state index >= 15 is 0 Å². The molecule has 0 aliphatic carbocycles. The number of carbonyl (C=O) groups excluding carboxylic acids is 1. The SMILES string of the molecule is Cc1cc(N2CCN(C)CC2)ccc1NC(=O)c1ccnc(Cl)c1. The number of pyridine rings is 1. The lowest BCUT2D eigenvalue weighted by molar-refractivity contribution is 0.102. The van der Waals surface area contributed by atoms with E-state index in [-0.39, 0.29) is 5.91 Å². The maximum atomic E-state index is 12.3. The molecule has 0 saturated carbocycles. The van der Waals surface area contributed by atoms with Gasteiger partial charge in [-0.1, -0.05) is 11.6 Å². The van der Waals surface area contributed by atoms with E-state index in [9.17, 15) is 4.79 Å². The maximum Gasteiger partial charge on any atom is 0.255 e. The Morgan fingerprint density at radius 1 is 1.17 bits per heavy atom. The van der Waals surface area contributed by atoms with E-state index in [0.29, 0.717) is 10.7 Å². The number of anilines is 2. The molecule has 1 aliphatic heterocycles. The number of benzene rings is 1. The van der Waals surface area contributed by atoms with Gasteiger partial charge >= 0.3 is 0 Å². The first kappa shape index (κ1) is 16.7. The average molecular weight is 345 g/mol. The molecule has 2 aromatic rings. The molecule has 1 aliphatic rings. The fourth-order valence-electron chi connectivity index (χ4n) is 2.79. The van der Waals surface area contributed by atoms with Gasteiger partial charge in [-0.15, -0.1) is 0 Å². The largest absolute Gasteiger partial charge is 0.369 e. The second-order valence-electron chi connectivity index (χ2n) is 6.11. The molecule has 0 radical (unpaired) electrons. The number of piperazine rings is 1. The molecule has 0 unspecified atom stereocenters. The minimum Gasteiger partial charge on any atom is -0.369 e. The molecule has 1 saturated heterocycles. The molecule has 0 bridgehead atoms. The Kier molecular flexibility index (Phi) is 5.02. The monoisotopic (exact) mass is 344 g/mol. The van der Waals surface area contributed by atoms with Gasteiger partial charge < -0.3 is 15.1 Å². The van der Waals surface area contributed by atoms with Gasteiger partial charge in [0, 0.05) is 49.3 Å². The molecule has 1 fully saturated rings. The Balaban J connectivity index is 1.72. The summed E-state index contributed by atoms with van der Waals surface area (Å²) in [6, 6.07) is 9.36. The van der Waals surface area contributed by atoms with Gasteiger partial charge in [-0.05, 0) is 49.9 Å². The number of nitrogens with zero attached hydrogens (tertiary/aromatic N) is 3. The van der Waals surface area contributed by atoms with Crippen LogP contribution in [0, 0.1) is 6.92 Å². The Hall–Kier alpha value is -2.11. The average Bonchev–Trinajstić information content (AvgIpc) is 2.57. The number of amides is 1. The van der Waals surface area contributed by atoms with Crippen molar-refractivity contribution in [2.75, 3.05) is 43.4 Å². The van der Waals surface area contributed by atoms with Crippen LogP contribution in [0.4, 0.5) is 11.4 Å². The van der Waals surface area contributed by atoms with E-state index in [0.717, 1.165) is 37.4 Å². The first-order valence-electron chi connectivity index (χ1n) is 8.00. The number of aromatic nitrogens is 1. The molecule has 6 heteroatoms. The zero-order valence-electron chi connectivity index (χ0n) is 13.9. The van der Waals surface area contributed by atoms with Gasteiger partial charge in [-0.25, -0.2) is 4.98 Å². The Morgan fingerprint density at radius 3 is 2.58 bits per heavy atom. The summed E-state index contributed by atoms with van der Waals surface area (Å²) in [5, 5.41) is 3.25. The lowest BCUT2D eigenvalue weighted by Crippen LogP contribution is -2.44. The molecule has 1 aromatic heterocycles. The van der Waals surface area contributed by atoms with Crippen molar-refractivity contribution in [2.24, 2.45) is 0 Å². The number of rotatable bonds is 3. The van der Waals surface area contributed by atoms with Crippen LogP contribution < -0.4 is 10.2 Å². The quantitative estimate of drug-likeness (QED) is 0.869.